The van der Waals surface area contributed by atoms with E-state index in [0.29, 0.717) is 5.92 Å². The zero-order chi connectivity index (χ0) is 13.3. The normalized spacial score (nSPS) is 10.9. The smallest absolute Gasteiger partial charge is 0.250 e. The summed E-state index contributed by atoms with van der Waals surface area (Å²) in [6, 6.07) is 5.56. The van der Waals surface area contributed by atoms with Crippen LogP contribution in [-0.2, 0) is 7.05 Å². The molecule has 2 heterocycles. The maximum Gasteiger partial charge on any atom is 0.250 e. The second kappa shape index (κ2) is 4.77. The van der Waals surface area contributed by atoms with E-state index in [0.717, 1.165) is 16.8 Å². The Bertz CT molecular complexity index is 627. The van der Waals surface area contributed by atoms with Crippen molar-refractivity contribution in [3.63, 3.8) is 0 Å². The Hall–Kier alpha value is -1.90. The fourth-order valence-electron chi connectivity index (χ4n) is 2.03. The molecule has 18 heavy (non-hydrogen) atoms. The molecule has 0 aliphatic carbocycles. The third-order valence-corrected chi connectivity index (χ3v) is 3.09. The van der Waals surface area contributed by atoms with Crippen LogP contribution in [0.5, 0.6) is 0 Å². The van der Waals surface area contributed by atoms with E-state index in [1.54, 1.807) is 17.7 Å². The summed E-state index contributed by atoms with van der Waals surface area (Å²) in [6.45, 7) is 6.28. The first-order chi connectivity index (χ1) is 8.49. The van der Waals surface area contributed by atoms with Gasteiger partial charge in [0.05, 0.1) is 0 Å². The fourth-order valence-corrected chi connectivity index (χ4v) is 2.03. The largest absolute Gasteiger partial charge is 0.318 e. The number of hydrogen-bond donors (Lipinski definition) is 0. The van der Waals surface area contributed by atoms with Gasteiger partial charge in [-0.1, -0.05) is 13.8 Å². The van der Waals surface area contributed by atoms with Gasteiger partial charge in [-0.2, -0.15) is 0 Å². The molecule has 94 valence electrons. The summed E-state index contributed by atoms with van der Waals surface area (Å²) < 4.78 is 1.61. The third kappa shape index (κ3) is 2.35. The molecular formula is C15H18N2O. The molecule has 0 fully saturated rings. The SMILES string of the molecule is Cc1cc(-c2ccc(=O)n(C)c2)c(C(C)C)cn1. The topological polar surface area (TPSA) is 34.9 Å². The van der Waals surface area contributed by atoms with Gasteiger partial charge in [0.25, 0.3) is 0 Å². The fraction of sp³-hybridized carbons (Fsp3) is 0.333. The Kier molecular flexibility index (Phi) is 3.32. The lowest BCUT2D eigenvalue weighted by Gasteiger charge is -2.13. The summed E-state index contributed by atoms with van der Waals surface area (Å²) in [7, 11) is 1.77. The molecule has 0 aliphatic heterocycles. The first-order valence-corrected chi connectivity index (χ1v) is 6.12. The second-order valence-electron chi connectivity index (χ2n) is 4.93. The first-order valence-electron chi connectivity index (χ1n) is 6.12. The van der Waals surface area contributed by atoms with Crippen LogP contribution in [0.2, 0.25) is 0 Å². The highest BCUT2D eigenvalue weighted by atomic mass is 16.1. The van der Waals surface area contributed by atoms with Crippen LogP contribution in [-0.4, -0.2) is 9.55 Å². The molecule has 0 atom stereocenters. The van der Waals surface area contributed by atoms with Crippen molar-refractivity contribution >= 4 is 0 Å². The lowest BCUT2D eigenvalue weighted by Crippen LogP contribution is -2.14. The van der Waals surface area contributed by atoms with E-state index in [1.807, 2.05) is 25.4 Å². The Labute approximate surface area is 107 Å². The highest BCUT2D eigenvalue weighted by Crippen LogP contribution is 2.28. The summed E-state index contributed by atoms with van der Waals surface area (Å²) in [4.78, 5) is 15.8. The minimum absolute atomic E-state index is 0.00984. The van der Waals surface area contributed by atoms with Crippen LogP contribution in [0.15, 0.2) is 35.4 Å². The average molecular weight is 242 g/mol. The van der Waals surface area contributed by atoms with Gasteiger partial charge in [-0.15, -0.1) is 0 Å². The van der Waals surface area contributed by atoms with Crippen molar-refractivity contribution in [1.29, 1.82) is 0 Å². The summed E-state index contributed by atoms with van der Waals surface area (Å²) in [5, 5.41) is 0. The van der Waals surface area contributed by atoms with Gasteiger partial charge in [-0.25, -0.2) is 0 Å². The van der Waals surface area contributed by atoms with Crippen LogP contribution >= 0.6 is 0 Å². The van der Waals surface area contributed by atoms with E-state index >= 15 is 0 Å². The predicted molar refractivity (Wildman–Crippen MR) is 73.7 cm³/mol. The van der Waals surface area contributed by atoms with E-state index in [9.17, 15) is 4.79 Å². The lowest BCUT2D eigenvalue weighted by molar-refractivity contribution is 0.848. The molecule has 0 bridgehead atoms. The van der Waals surface area contributed by atoms with Gasteiger partial charge < -0.3 is 4.57 Å². The van der Waals surface area contributed by atoms with Crippen molar-refractivity contribution in [3.8, 4) is 11.1 Å². The number of hydrogen-bond acceptors (Lipinski definition) is 2. The summed E-state index contributed by atoms with van der Waals surface area (Å²) in [5.74, 6) is 0.408. The van der Waals surface area contributed by atoms with Gasteiger partial charge in [-0.05, 0) is 41.7 Å². The highest BCUT2D eigenvalue weighted by molar-refractivity contribution is 5.67. The van der Waals surface area contributed by atoms with Crippen LogP contribution in [0.4, 0.5) is 0 Å². The molecular weight excluding hydrogens is 224 g/mol. The Morgan fingerprint density at radius 3 is 2.61 bits per heavy atom. The molecule has 0 N–H and O–H groups in total. The molecule has 0 aliphatic rings. The molecule has 0 saturated heterocycles. The van der Waals surface area contributed by atoms with E-state index in [4.69, 9.17) is 0 Å². The van der Waals surface area contributed by atoms with Crippen molar-refractivity contribution in [2.24, 2.45) is 7.05 Å². The monoisotopic (exact) mass is 242 g/mol. The third-order valence-electron chi connectivity index (χ3n) is 3.09. The predicted octanol–water partition coefficient (Wildman–Crippen LogP) is 2.88. The molecule has 0 spiro atoms. The lowest BCUT2D eigenvalue weighted by atomic mass is 9.95. The zero-order valence-corrected chi connectivity index (χ0v) is 11.3. The Morgan fingerprint density at radius 1 is 1.28 bits per heavy atom. The van der Waals surface area contributed by atoms with Gasteiger partial charge in [0.1, 0.15) is 0 Å². The Morgan fingerprint density at radius 2 is 2.00 bits per heavy atom. The quantitative estimate of drug-likeness (QED) is 0.811. The van der Waals surface area contributed by atoms with E-state index in [1.165, 1.54) is 5.56 Å². The molecule has 0 radical (unpaired) electrons. The van der Waals surface area contributed by atoms with Gasteiger partial charge in [0.2, 0.25) is 5.56 Å². The first kappa shape index (κ1) is 12.6. The van der Waals surface area contributed by atoms with Crippen molar-refractivity contribution in [2.75, 3.05) is 0 Å². The van der Waals surface area contributed by atoms with Crippen LogP contribution in [0.3, 0.4) is 0 Å². The molecule has 2 rings (SSSR count). The zero-order valence-electron chi connectivity index (χ0n) is 11.3. The number of nitrogens with zero attached hydrogens (tertiary/aromatic N) is 2. The molecule has 0 unspecified atom stereocenters. The van der Waals surface area contributed by atoms with Crippen molar-refractivity contribution in [3.05, 3.63) is 52.2 Å². The minimum atomic E-state index is 0.00984. The number of aromatic nitrogens is 2. The summed E-state index contributed by atoms with van der Waals surface area (Å²) in [5.41, 5.74) is 4.43. The molecule has 2 aromatic rings. The standard InChI is InChI=1S/C15H18N2O/c1-10(2)14-8-16-11(3)7-13(14)12-5-6-15(18)17(4)9-12/h5-10H,1-4H3. The summed E-state index contributed by atoms with van der Waals surface area (Å²) in [6.07, 6.45) is 3.81. The van der Waals surface area contributed by atoms with Crippen molar-refractivity contribution < 1.29 is 0 Å². The van der Waals surface area contributed by atoms with Crippen molar-refractivity contribution in [1.82, 2.24) is 9.55 Å². The van der Waals surface area contributed by atoms with Crippen LogP contribution in [0, 0.1) is 6.92 Å². The summed E-state index contributed by atoms with van der Waals surface area (Å²) >= 11 is 0. The van der Waals surface area contributed by atoms with Gasteiger partial charge in [0, 0.05) is 31.2 Å². The molecule has 3 nitrogen and oxygen atoms in total. The Balaban J connectivity index is 2.65. The average Bonchev–Trinajstić information content (AvgIpc) is 2.32. The van der Waals surface area contributed by atoms with E-state index in [-0.39, 0.29) is 5.56 Å². The molecule has 0 saturated carbocycles. The van der Waals surface area contributed by atoms with E-state index in [2.05, 4.69) is 24.9 Å². The molecule has 2 aromatic heterocycles. The van der Waals surface area contributed by atoms with Gasteiger partial charge >= 0.3 is 0 Å². The van der Waals surface area contributed by atoms with Crippen LogP contribution in [0.25, 0.3) is 11.1 Å². The maximum absolute atomic E-state index is 11.4. The number of pyridine rings is 2. The molecule has 0 amide bonds. The van der Waals surface area contributed by atoms with Crippen molar-refractivity contribution in [2.45, 2.75) is 26.7 Å². The maximum atomic E-state index is 11.4. The molecule has 3 heteroatoms. The number of aryl methyl sites for hydroxylation is 2. The van der Waals surface area contributed by atoms with Gasteiger partial charge in [0.15, 0.2) is 0 Å². The second-order valence-corrected chi connectivity index (χ2v) is 4.93. The van der Waals surface area contributed by atoms with Crippen LogP contribution < -0.4 is 5.56 Å². The van der Waals surface area contributed by atoms with Crippen LogP contribution in [0.1, 0.15) is 31.0 Å². The highest BCUT2D eigenvalue weighted by Gasteiger charge is 2.10. The number of rotatable bonds is 2. The van der Waals surface area contributed by atoms with E-state index < -0.39 is 0 Å². The minimum Gasteiger partial charge on any atom is -0.318 e. The molecule has 0 aromatic carbocycles. The van der Waals surface area contributed by atoms with Gasteiger partial charge in [-0.3, -0.25) is 9.78 Å².